The normalized spacial score (nSPS) is 11.3. The summed E-state index contributed by atoms with van der Waals surface area (Å²) in [6, 6.07) is 11.7. The summed E-state index contributed by atoms with van der Waals surface area (Å²) in [6.45, 7) is 6.18. The van der Waals surface area contributed by atoms with Crippen molar-refractivity contribution in [2.24, 2.45) is 7.05 Å². The molecule has 5 heteroatoms. The first-order chi connectivity index (χ1) is 13.0. The van der Waals surface area contributed by atoms with Crippen LogP contribution in [0.15, 0.2) is 46.9 Å². The van der Waals surface area contributed by atoms with E-state index in [0.717, 1.165) is 23.6 Å². The topological polar surface area (TPSA) is 57.3 Å². The molecule has 2 aromatic heterocycles. The van der Waals surface area contributed by atoms with Crippen LogP contribution in [0.2, 0.25) is 0 Å². The molecule has 0 aliphatic carbocycles. The molecular weight excluding hydrogens is 340 g/mol. The number of furan rings is 1. The molecule has 27 heavy (non-hydrogen) atoms. The van der Waals surface area contributed by atoms with Crippen LogP contribution in [0, 0.1) is 13.8 Å². The van der Waals surface area contributed by atoms with Gasteiger partial charge in [-0.3, -0.25) is 9.48 Å². The fraction of sp³-hybridized carbons (Fsp3) is 0.273. The average Bonchev–Trinajstić information content (AvgIpc) is 3.22. The van der Waals surface area contributed by atoms with Crippen LogP contribution in [-0.2, 0) is 20.1 Å². The molecule has 3 aromatic rings. The number of nitrogens with zero attached hydrogens (tertiary/aromatic N) is 2. The minimum absolute atomic E-state index is 0.0803. The molecule has 0 unspecified atom stereocenters. The van der Waals surface area contributed by atoms with Gasteiger partial charge in [0.2, 0.25) is 0 Å². The van der Waals surface area contributed by atoms with Gasteiger partial charge < -0.3 is 9.15 Å². The maximum atomic E-state index is 12.4. The molecule has 0 bridgehead atoms. The second kappa shape index (κ2) is 8.08. The van der Waals surface area contributed by atoms with Crippen LogP contribution in [0.5, 0.6) is 5.75 Å². The number of ketones is 1. The van der Waals surface area contributed by atoms with Gasteiger partial charge in [-0.25, -0.2) is 0 Å². The third-order valence-electron chi connectivity index (χ3n) is 4.55. The molecule has 0 radical (unpaired) electrons. The van der Waals surface area contributed by atoms with E-state index in [1.54, 1.807) is 10.8 Å². The third kappa shape index (κ3) is 4.37. The second-order valence-corrected chi connectivity index (χ2v) is 6.46. The number of benzene rings is 1. The molecule has 0 saturated carbocycles. The van der Waals surface area contributed by atoms with Gasteiger partial charge >= 0.3 is 0 Å². The van der Waals surface area contributed by atoms with Crippen molar-refractivity contribution < 1.29 is 13.9 Å². The lowest BCUT2D eigenvalue weighted by atomic mass is 10.1. The molecule has 3 rings (SSSR count). The molecule has 1 aromatic carbocycles. The number of hydrogen-bond acceptors (Lipinski definition) is 4. The van der Waals surface area contributed by atoms with Gasteiger partial charge in [-0.1, -0.05) is 19.1 Å². The van der Waals surface area contributed by atoms with Gasteiger partial charge in [0, 0.05) is 12.7 Å². The lowest BCUT2D eigenvalue weighted by Gasteiger charge is -2.04. The maximum Gasteiger partial charge on any atom is 0.189 e. The van der Waals surface area contributed by atoms with Gasteiger partial charge in [0.1, 0.15) is 23.9 Å². The summed E-state index contributed by atoms with van der Waals surface area (Å²) >= 11 is 0. The first-order valence-corrected chi connectivity index (χ1v) is 9.01. The van der Waals surface area contributed by atoms with E-state index in [1.807, 2.05) is 45.2 Å². The van der Waals surface area contributed by atoms with E-state index in [1.165, 1.54) is 11.6 Å². The highest BCUT2D eigenvalue weighted by molar-refractivity contribution is 6.08. The molecule has 0 amide bonds. The van der Waals surface area contributed by atoms with Crippen molar-refractivity contribution in [3.05, 3.63) is 76.5 Å². The lowest BCUT2D eigenvalue weighted by molar-refractivity contribution is 0.104. The maximum absolute atomic E-state index is 12.4. The van der Waals surface area contributed by atoms with Crippen LogP contribution >= 0.6 is 0 Å². The van der Waals surface area contributed by atoms with E-state index >= 15 is 0 Å². The Hall–Kier alpha value is -3.08. The van der Waals surface area contributed by atoms with Gasteiger partial charge in [0.15, 0.2) is 5.78 Å². The van der Waals surface area contributed by atoms with E-state index in [0.29, 0.717) is 23.7 Å². The molecule has 0 aliphatic rings. The molecule has 0 fully saturated rings. The minimum atomic E-state index is -0.0803. The fourth-order valence-corrected chi connectivity index (χ4v) is 2.91. The number of hydrogen-bond donors (Lipinski definition) is 0. The van der Waals surface area contributed by atoms with Crippen LogP contribution < -0.4 is 4.74 Å². The summed E-state index contributed by atoms with van der Waals surface area (Å²) in [5.74, 6) is 2.04. The summed E-state index contributed by atoms with van der Waals surface area (Å²) in [5.41, 5.74) is 3.49. The van der Waals surface area contributed by atoms with Crippen molar-refractivity contribution in [2.45, 2.75) is 33.8 Å². The summed E-state index contributed by atoms with van der Waals surface area (Å²) in [7, 11) is 1.83. The predicted molar refractivity (Wildman–Crippen MR) is 105 cm³/mol. The van der Waals surface area contributed by atoms with Gasteiger partial charge in [0.25, 0.3) is 0 Å². The van der Waals surface area contributed by atoms with Crippen LogP contribution in [0.4, 0.5) is 0 Å². The minimum Gasteiger partial charge on any atom is -0.486 e. The Labute approximate surface area is 159 Å². The Balaban J connectivity index is 1.61. The van der Waals surface area contributed by atoms with E-state index in [-0.39, 0.29) is 5.78 Å². The largest absolute Gasteiger partial charge is 0.486 e. The van der Waals surface area contributed by atoms with Crippen molar-refractivity contribution in [1.29, 1.82) is 0 Å². The lowest BCUT2D eigenvalue weighted by Crippen LogP contribution is -1.99. The molecule has 0 saturated heterocycles. The van der Waals surface area contributed by atoms with Crippen LogP contribution in [0.1, 0.15) is 45.8 Å². The van der Waals surface area contributed by atoms with Crippen LogP contribution in [0.25, 0.3) is 6.08 Å². The Morgan fingerprint density at radius 3 is 2.56 bits per heavy atom. The highest BCUT2D eigenvalue weighted by atomic mass is 16.5. The Morgan fingerprint density at radius 2 is 1.93 bits per heavy atom. The summed E-state index contributed by atoms with van der Waals surface area (Å²) < 4.78 is 13.2. The zero-order valence-electron chi connectivity index (χ0n) is 16.2. The Morgan fingerprint density at radius 1 is 1.19 bits per heavy atom. The average molecular weight is 364 g/mol. The van der Waals surface area contributed by atoms with Crippen molar-refractivity contribution in [1.82, 2.24) is 9.78 Å². The van der Waals surface area contributed by atoms with Crippen LogP contribution in [0.3, 0.4) is 0 Å². The number of rotatable bonds is 7. The zero-order chi connectivity index (χ0) is 19.4. The summed E-state index contributed by atoms with van der Waals surface area (Å²) in [6.07, 6.45) is 4.20. The molecule has 0 N–H and O–H groups in total. The molecule has 0 atom stereocenters. The Kier molecular flexibility index (Phi) is 5.60. The van der Waals surface area contributed by atoms with Gasteiger partial charge in [-0.05, 0) is 62.2 Å². The first-order valence-electron chi connectivity index (χ1n) is 9.01. The Bertz CT molecular complexity index is 962. The quantitative estimate of drug-likeness (QED) is 0.452. The van der Waals surface area contributed by atoms with Gasteiger partial charge in [-0.15, -0.1) is 0 Å². The number of aryl methyl sites for hydroxylation is 3. The fourth-order valence-electron chi connectivity index (χ4n) is 2.91. The highest BCUT2D eigenvalue weighted by Crippen LogP contribution is 2.18. The summed E-state index contributed by atoms with van der Waals surface area (Å²) in [5, 5.41) is 4.28. The van der Waals surface area contributed by atoms with Crippen molar-refractivity contribution in [2.75, 3.05) is 0 Å². The SMILES string of the molecule is CCc1ccc(OCc2ccc(/C=C/C(=O)c3c(C)nn(C)c3C)o2)cc1. The standard InChI is InChI=1S/C22H24N2O3/c1-5-17-6-8-18(9-7-17)26-14-20-11-10-19(27-20)12-13-21(25)22-15(2)23-24(4)16(22)3/h6-13H,5,14H2,1-4H3/b13-12+. The van der Waals surface area contributed by atoms with Crippen molar-refractivity contribution in [3.8, 4) is 5.75 Å². The molecule has 0 aliphatic heterocycles. The molecule has 2 heterocycles. The number of aromatic nitrogens is 2. The first kappa shape index (κ1) is 18.7. The van der Waals surface area contributed by atoms with E-state index in [4.69, 9.17) is 9.15 Å². The molecule has 140 valence electrons. The molecular formula is C22H24N2O3. The van der Waals surface area contributed by atoms with E-state index < -0.39 is 0 Å². The number of allylic oxidation sites excluding steroid dienone is 1. The van der Waals surface area contributed by atoms with Gasteiger partial charge in [-0.2, -0.15) is 5.10 Å². The second-order valence-electron chi connectivity index (χ2n) is 6.46. The predicted octanol–water partition coefficient (Wildman–Crippen LogP) is 4.67. The molecule has 5 nitrogen and oxygen atoms in total. The number of ether oxygens (including phenoxy) is 1. The monoisotopic (exact) mass is 364 g/mol. The molecule has 0 spiro atoms. The van der Waals surface area contributed by atoms with Crippen molar-refractivity contribution >= 4 is 11.9 Å². The summed E-state index contributed by atoms with van der Waals surface area (Å²) in [4.78, 5) is 12.4. The number of carbonyl (C=O) groups is 1. The zero-order valence-corrected chi connectivity index (χ0v) is 16.2. The smallest absolute Gasteiger partial charge is 0.189 e. The van der Waals surface area contributed by atoms with Gasteiger partial charge in [0.05, 0.1) is 11.3 Å². The van der Waals surface area contributed by atoms with E-state index in [2.05, 4.69) is 24.2 Å². The van der Waals surface area contributed by atoms with Crippen LogP contribution in [-0.4, -0.2) is 15.6 Å². The highest BCUT2D eigenvalue weighted by Gasteiger charge is 2.15. The van der Waals surface area contributed by atoms with Crippen molar-refractivity contribution in [3.63, 3.8) is 0 Å². The van der Waals surface area contributed by atoms with E-state index in [9.17, 15) is 4.79 Å². The third-order valence-corrected chi connectivity index (χ3v) is 4.55. The number of carbonyl (C=O) groups excluding carboxylic acids is 1.